The predicted octanol–water partition coefficient (Wildman–Crippen LogP) is 3.69. The summed E-state index contributed by atoms with van der Waals surface area (Å²) in [5.41, 5.74) is 0.168. The maximum atomic E-state index is 12.2. The topological polar surface area (TPSA) is 75.9 Å². The normalized spacial score (nSPS) is 18.5. The summed E-state index contributed by atoms with van der Waals surface area (Å²) in [5, 5.41) is 11.1. The summed E-state index contributed by atoms with van der Waals surface area (Å²) in [6.07, 6.45) is -0.330. The highest BCUT2D eigenvalue weighted by Crippen LogP contribution is 2.32. The molecule has 0 aromatic heterocycles. The molecule has 0 N–H and O–H groups in total. The molecule has 1 aromatic carbocycles. The van der Waals surface area contributed by atoms with E-state index in [1.54, 1.807) is 11.0 Å². The smallest absolute Gasteiger partial charge is 0.410 e. The summed E-state index contributed by atoms with van der Waals surface area (Å²) >= 11 is 6.21. The zero-order chi connectivity index (χ0) is 18.1. The van der Waals surface area contributed by atoms with Gasteiger partial charge in [-0.1, -0.05) is 11.6 Å². The third-order valence-corrected chi connectivity index (χ3v) is 4.03. The molecule has 0 radical (unpaired) electrons. The number of nitrogens with zero attached hydrogens (tertiary/aromatic N) is 3. The van der Waals surface area contributed by atoms with Crippen LogP contribution in [0, 0.1) is 10.1 Å². The van der Waals surface area contributed by atoms with Crippen LogP contribution in [0.3, 0.4) is 0 Å². The third kappa shape index (κ3) is 4.29. The molecule has 7 nitrogen and oxygen atoms in total. The molecule has 1 amide bonds. The number of nitro groups is 1. The molecule has 1 heterocycles. The van der Waals surface area contributed by atoms with E-state index in [0.29, 0.717) is 24.7 Å². The number of amides is 1. The van der Waals surface area contributed by atoms with Gasteiger partial charge in [0, 0.05) is 37.8 Å². The van der Waals surface area contributed by atoms with Gasteiger partial charge in [0.05, 0.1) is 15.6 Å². The van der Waals surface area contributed by atoms with E-state index >= 15 is 0 Å². The monoisotopic (exact) mass is 355 g/mol. The van der Waals surface area contributed by atoms with Gasteiger partial charge in [0.2, 0.25) is 0 Å². The number of carbonyl (C=O) groups is 1. The number of piperazine rings is 1. The zero-order valence-corrected chi connectivity index (χ0v) is 15.0. The number of carbonyl (C=O) groups excluding carboxylic acids is 1. The van der Waals surface area contributed by atoms with E-state index in [1.807, 2.05) is 32.6 Å². The van der Waals surface area contributed by atoms with E-state index in [9.17, 15) is 14.9 Å². The lowest BCUT2D eigenvalue weighted by molar-refractivity contribution is -0.384. The van der Waals surface area contributed by atoms with Gasteiger partial charge >= 0.3 is 6.09 Å². The van der Waals surface area contributed by atoms with Gasteiger partial charge in [-0.05, 0) is 33.8 Å². The van der Waals surface area contributed by atoms with Crippen molar-refractivity contribution in [2.75, 3.05) is 24.5 Å². The number of nitro benzene ring substituents is 1. The van der Waals surface area contributed by atoms with Gasteiger partial charge in [-0.15, -0.1) is 0 Å². The summed E-state index contributed by atoms with van der Waals surface area (Å²) in [6, 6.07) is 4.46. The van der Waals surface area contributed by atoms with Crippen LogP contribution in [0.25, 0.3) is 0 Å². The first-order chi connectivity index (χ1) is 11.1. The van der Waals surface area contributed by atoms with Crippen molar-refractivity contribution in [2.24, 2.45) is 0 Å². The fraction of sp³-hybridized carbons (Fsp3) is 0.562. The van der Waals surface area contributed by atoms with Gasteiger partial charge < -0.3 is 14.5 Å². The number of hydrogen-bond acceptors (Lipinski definition) is 5. The van der Waals surface area contributed by atoms with Gasteiger partial charge in [-0.25, -0.2) is 4.79 Å². The minimum Gasteiger partial charge on any atom is -0.444 e. The highest BCUT2D eigenvalue weighted by Gasteiger charge is 2.30. The summed E-state index contributed by atoms with van der Waals surface area (Å²) in [6.45, 7) is 9.07. The molecule has 1 unspecified atom stereocenters. The highest BCUT2D eigenvalue weighted by molar-refractivity contribution is 6.33. The zero-order valence-electron chi connectivity index (χ0n) is 14.3. The summed E-state index contributed by atoms with van der Waals surface area (Å²) < 4.78 is 5.40. The number of non-ortho nitro benzene ring substituents is 1. The second-order valence-electron chi connectivity index (χ2n) is 6.86. The van der Waals surface area contributed by atoms with E-state index in [4.69, 9.17) is 16.3 Å². The minimum atomic E-state index is -0.529. The first-order valence-corrected chi connectivity index (χ1v) is 8.15. The first kappa shape index (κ1) is 18.3. The molecular weight excluding hydrogens is 334 g/mol. The molecule has 0 aliphatic carbocycles. The Balaban J connectivity index is 2.09. The Morgan fingerprint density at radius 1 is 1.38 bits per heavy atom. The van der Waals surface area contributed by atoms with Crippen LogP contribution in [0.5, 0.6) is 0 Å². The van der Waals surface area contributed by atoms with Crippen molar-refractivity contribution in [1.82, 2.24) is 4.90 Å². The summed E-state index contributed by atoms with van der Waals surface area (Å²) in [5.74, 6) is 0. The maximum absolute atomic E-state index is 12.2. The Bertz CT molecular complexity index is 645. The molecule has 1 fully saturated rings. The average Bonchev–Trinajstić information content (AvgIpc) is 2.45. The molecule has 1 aliphatic heterocycles. The maximum Gasteiger partial charge on any atom is 0.410 e. The van der Waals surface area contributed by atoms with E-state index in [2.05, 4.69) is 0 Å². The Hall–Kier alpha value is -2.02. The van der Waals surface area contributed by atoms with Crippen molar-refractivity contribution in [1.29, 1.82) is 0 Å². The lowest BCUT2D eigenvalue weighted by atomic mass is 10.1. The van der Waals surface area contributed by atoms with Crippen LogP contribution in [0.2, 0.25) is 5.02 Å². The second-order valence-corrected chi connectivity index (χ2v) is 7.27. The molecule has 1 atom stereocenters. The molecule has 1 aliphatic rings. The summed E-state index contributed by atoms with van der Waals surface area (Å²) in [7, 11) is 0. The minimum absolute atomic E-state index is 0.0187. The molecule has 0 saturated carbocycles. The standard InChI is InChI=1S/C16H22ClN3O4/c1-11-10-18(15(21)24-16(2,3)4)7-8-19(11)14-6-5-12(20(22)23)9-13(14)17/h5-6,9,11H,7-8,10H2,1-4H3. The Morgan fingerprint density at radius 2 is 2.04 bits per heavy atom. The van der Waals surface area contributed by atoms with Crippen LogP contribution in [0.4, 0.5) is 16.2 Å². The van der Waals surface area contributed by atoms with Crippen LogP contribution in [-0.4, -0.2) is 47.2 Å². The Labute approximate surface area is 146 Å². The van der Waals surface area contributed by atoms with Gasteiger partial charge in [0.25, 0.3) is 5.69 Å². The second kappa shape index (κ2) is 6.84. The molecule has 2 rings (SSSR count). The van der Waals surface area contributed by atoms with Gasteiger partial charge in [-0.3, -0.25) is 10.1 Å². The van der Waals surface area contributed by atoms with E-state index in [1.165, 1.54) is 12.1 Å². The fourth-order valence-electron chi connectivity index (χ4n) is 2.65. The SMILES string of the molecule is CC1CN(C(=O)OC(C)(C)C)CCN1c1ccc([N+](=O)[O-])cc1Cl. The molecule has 1 saturated heterocycles. The van der Waals surface area contributed by atoms with Gasteiger partial charge in [0.1, 0.15) is 5.60 Å². The average molecular weight is 356 g/mol. The van der Waals surface area contributed by atoms with Crippen molar-refractivity contribution in [3.63, 3.8) is 0 Å². The lowest BCUT2D eigenvalue weighted by Crippen LogP contribution is -2.54. The van der Waals surface area contributed by atoms with E-state index in [0.717, 1.165) is 5.69 Å². The number of hydrogen-bond donors (Lipinski definition) is 0. The lowest BCUT2D eigenvalue weighted by Gasteiger charge is -2.41. The number of anilines is 1. The van der Waals surface area contributed by atoms with Gasteiger partial charge in [0.15, 0.2) is 0 Å². The quantitative estimate of drug-likeness (QED) is 0.597. The van der Waals surface area contributed by atoms with Crippen molar-refractivity contribution in [2.45, 2.75) is 39.3 Å². The number of benzene rings is 1. The molecule has 132 valence electrons. The molecule has 0 bridgehead atoms. The van der Waals surface area contributed by atoms with Crippen molar-refractivity contribution >= 4 is 29.1 Å². The van der Waals surface area contributed by atoms with Crippen LogP contribution >= 0.6 is 11.6 Å². The molecule has 24 heavy (non-hydrogen) atoms. The van der Waals surface area contributed by atoms with Crippen LogP contribution in [0.1, 0.15) is 27.7 Å². The van der Waals surface area contributed by atoms with Gasteiger partial charge in [-0.2, -0.15) is 0 Å². The number of halogens is 1. The highest BCUT2D eigenvalue weighted by atomic mass is 35.5. The van der Waals surface area contributed by atoms with Crippen LogP contribution < -0.4 is 4.90 Å². The number of rotatable bonds is 2. The van der Waals surface area contributed by atoms with E-state index < -0.39 is 10.5 Å². The fourth-order valence-corrected chi connectivity index (χ4v) is 2.93. The number of ether oxygens (including phenoxy) is 1. The molecule has 8 heteroatoms. The van der Waals surface area contributed by atoms with E-state index in [-0.39, 0.29) is 17.8 Å². The van der Waals surface area contributed by atoms with Crippen molar-refractivity contribution in [3.05, 3.63) is 33.3 Å². The van der Waals surface area contributed by atoms with Crippen molar-refractivity contribution < 1.29 is 14.5 Å². The first-order valence-electron chi connectivity index (χ1n) is 7.77. The molecule has 1 aromatic rings. The van der Waals surface area contributed by atoms with Crippen LogP contribution in [-0.2, 0) is 4.74 Å². The van der Waals surface area contributed by atoms with Crippen LogP contribution in [0.15, 0.2) is 18.2 Å². The predicted molar refractivity (Wildman–Crippen MR) is 92.7 cm³/mol. The summed E-state index contributed by atoms with van der Waals surface area (Å²) in [4.78, 5) is 26.2. The largest absolute Gasteiger partial charge is 0.444 e. The molecular formula is C16H22ClN3O4. The van der Waals surface area contributed by atoms with Crippen molar-refractivity contribution in [3.8, 4) is 0 Å². The Morgan fingerprint density at radius 3 is 2.54 bits per heavy atom. The Kier molecular flexibility index (Phi) is 5.22. The third-order valence-electron chi connectivity index (χ3n) is 3.73. The molecule has 0 spiro atoms.